The first-order chi connectivity index (χ1) is 9.86. The summed E-state index contributed by atoms with van der Waals surface area (Å²) in [5, 5.41) is 10.2. The van der Waals surface area contributed by atoms with Crippen molar-refractivity contribution in [2.75, 3.05) is 0 Å². The summed E-state index contributed by atoms with van der Waals surface area (Å²) < 4.78 is 5.71. The summed E-state index contributed by atoms with van der Waals surface area (Å²) in [5.41, 5.74) is 0.828. The first-order valence-corrected chi connectivity index (χ1v) is 7.80. The Kier molecular flexibility index (Phi) is 3.36. The Bertz CT molecular complexity index is 537. The van der Waals surface area contributed by atoms with Gasteiger partial charge >= 0.3 is 5.97 Å². The van der Waals surface area contributed by atoms with Crippen LogP contribution in [0.5, 0.6) is 0 Å². The number of ether oxygens (including phenoxy) is 1. The number of hydrogen-bond acceptors (Lipinski definition) is 3. The van der Waals surface area contributed by atoms with Gasteiger partial charge in [-0.15, -0.1) is 0 Å². The van der Waals surface area contributed by atoms with E-state index < -0.39 is 12.1 Å². The Morgan fingerprint density at radius 1 is 1.29 bits per heavy atom. The zero-order valence-corrected chi connectivity index (χ0v) is 13.0. The summed E-state index contributed by atoms with van der Waals surface area (Å²) in [6.45, 7) is 6.80. The molecule has 1 unspecified atom stereocenters. The fourth-order valence-electron chi connectivity index (χ4n) is 4.28. The summed E-state index contributed by atoms with van der Waals surface area (Å²) in [4.78, 5) is 12.3. The lowest BCUT2D eigenvalue weighted by Crippen LogP contribution is -2.39. The van der Waals surface area contributed by atoms with Crippen molar-refractivity contribution in [3.05, 3.63) is 35.9 Å². The first-order valence-electron chi connectivity index (χ1n) is 7.80. The fraction of sp³-hybridized carbons (Fsp3) is 0.611. The van der Waals surface area contributed by atoms with E-state index in [9.17, 15) is 9.90 Å². The number of rotatable bonds is 3. The quantitative estimate of drug-likeness (QED) is 0.866. The van der Waals surface area contributed by atoms with Crippen LogP contribution in [-0.2, 0) is 9.53 Å². The third-order valence-corrected chi connectivity index (χ3v) is 6.31. The van der Waals surface area contributed by atoms with Gasteiger partial charge in [0.25, 0.3) is 0 Å². The van der Waals surface area contributed by atoms with Crippen LogP contribution < -0.4 is 0 Å². The van der Waals surface area contributed by atoms with E-state index >= 15 is 0 Å². The molecule has 2 fully saturated rings. The smallest absolute Gasteiger partial charge is 0.339 e. The normalized spacial score (nSPS) is 34.7. The van der Waals surface area contributed by atoms with Crippen LogP contribution in [0.15, 0.2) is 30.3 Å². The second-order valence-corrected chi connectivity index (χ2v) is 7.35. The molecule has 0 amide bonds. The molecule has 0 aromatic heterocycles. The molecule has 2 bridgehead atoms. The molecule has 1 aromatic carbocycles. The molecule has 3 rings (SSSR count). The molecular weight excluding hydrogens is 264 g/mol. The second kappa shape index (κ2) is 4.84. The molecule has 0 radical (unpaired) electrons. The molecule has 2 aliphatic rings. The highest BCUT2D eigenvalue weighted by Crippen LogP contribution is 2.66. The number of benzene rings is 1. The van der Waals surface area contributed by atoms with E-state index in [0.717, 1.165) is 12.8 Å². The number of aliphatic hydroxyl groups excluding tert-OH is 1. The Morgan fingerprint density at radius 3 is 2.48 bits per heavy atom. The monoisotopic (exact) mass is 288 g/mol. The maximum atomic E-state index is 12.3. The minimum atomic E-state index is -1.18. The highest BCUT2D eigenvalue weighted by Gasteiger charge is 2.63. The fourth-order valence-corrected chi connectivity index (χ4v) is 4.28. The number of carbonyl (C=O) groups is 1. The van der Waals surface area contributed by atoms with Crippen LogP contribution >= 0.6 is 0 Å². The van der Waals surface area contributed by atoms with Gasteiger partial charge in [0, 0.05) is 5.41 Å². The van der Waals surface area contributed by atoms with Crippen molar-refractivity contribution in [3.8, 4) is 0 Å². The van der Waals surface area contributed by atoms with E-state index in [1.165, 1.54) is 6.42 Å². The van der Waals surface area contributed by atoms with Crippen molar-refractivity contribution < 1.29 is 14.6 Å². The van der Waals surface area contributed by atoms with Crippen molar-refractivity contribution in [3.63, 3.8) is 0 Å². The van der Waals surface area contributed by atoms with Gasteiger partial charge in [-0.2, -0.15) is 0 Å². The van der Waals surface area contributed by atoms with Crippen molar-refractivity contribution in [1.82, 2.24) is 0 Å². The molecule has 114 valence electrons. The molecule has 21 heavy (non-hydrogen) atoms. The topological polar surface area (TPSA) is 46.5 Å². The molecule has 0 saturated heterocycles. The zero-order valence-electron chi connectivity index (χ0n) is 13.0. The van der Waals surface area contributed by atoms with Crippen LogP contribution in [0, 0.1) is 16.7 Å². The van der Waals surface area contributed by atoms with Crippen LogP contribution in [0.2, 0.25) is 0 Å². The number of carbonyl (C=O) groups excluding carboxylic acids is 1. The van der Waals surface area contributed by atoms with Crippen LogP contribution in [-0.4, -0.2) is 17.2 Å². The molecule has 2 aliphatic carbocycles. The lowest BCUT2D eigenvalue weighted by Gasteiger charge is -2.38. The SMILES string of the molecule is CC1(C)[C@H]2CC[C@]1(C)[C@H](OC(=O)C(O)c1ccccc1)C2. The van der Waals surface area contributed by atoms with Gasteiger partial charge in [0.2, 0.25) is 0 Å². The highest BCUT2D eigenvalue weighted by atomic mass is 16.6. The van der Waals surface area contributed by atoms with Gasteiger partial charge in [0.15, 0.2) is 6.10 Å². The molecule has 1 N–H and O–H groups in total. The number of hydrogen-bond donors (Lipinski definition) is 1. The van der Waals surface area contributed by atoms with E-state index in [1.807, 2.05) is 18.2 Å². The second-order valence-electron chi connectivity index (χ2n) is 7.35. The van der Waals surface area contributed by atoms with Gasteiger partial charge in [0.1, 0.15) is 6.10 Å². The maximum Gasteiger partial charge on any atom is 0.339 e. The van der Waals surface area contributed by atoms with Gasteiger partial charge in [-0.25, -0.2) is 4.79 Å². The molecule has 1 aromatic rings. The summed E-state index contributed by atoms with van der Waals surface area (Å²) in [5.74, 6) is 0.102. The van der Waals surface area contributed by atoms with Gasteiger partial charge in [-0.05, 0) is 36.2 Å². The average molecular weight is 288 g/mol. The van der Waals surface area contributed by atoms with E-state index in [1.54, 1.807) is 12.1 Å². The molecule has 0 aliphatic heterocycles. The van der Waals surface area contributed by atoms with E-state index in [4.69, 9.17) is 4.74 Å². The summed E-state index contributed by atoms with van der Waals surface area (Å²) >= 11 is 0. The number of aliphatic hydroxyl groups is 1. The Labute approximate surface area is 126 Å². The maximum absolute atomic E-state index is 12.3. The lowest BCUT2D eigenvalue weighted by molar-refractivity contribution is -0.167. The van der Waals surface area contributed by atoms with Gasteiger partial charge in [-0.3, -0.25) is 0 Å². The zero-order chi connectivity index (χ0) is 15.3. The van der Waals surface area contributed by atoms with E-state index in [2.05, 4.69) is 20.8 Å². The summed E-state index contributed by atoms with van der Waals surface area (Å²) in [6.07, 6.45) is 1.99. The third kappa shape index (κ3) is 2.10. The Morgan fingerprint density at radius 2 is 1.95 bits per heavy atom. The van der Waals surface area contributed by atoms with Gasteiger partial charge in [0.05, 0.1) is 0 Å². The number of esters is 1. The standard InChI is InChI=1S/C18H24O3/c1-17(2)13-9-10-18(17,3)14(11-13)21-16(20)15(19)12-7-5-4-6-8-12/h4-8,13-15,19H,9-11H2,1-3H3/t13-,14+,15?,18+/m0/s1. The summed E-state index contributed by atoms with van der Waals surface area (Å²) in [6, 6.07) is 8.99. The minimum absolute atomic E-state index is 0.0315. The van der Waals surface area contributed by atoms with Gasteiger partial charge < -0.3 is 9.84 Å². The Balaban J connectivity index is 1.72. The van der Waals surface area contributed by atoms with E-state index in [-0.39, 0.29) is 16.9 Å². The predicted molar refractivity (Wildman–Crippen MR) is 80.5 cm³/mol. The number of fused-ring (bicyclic) bond motifs is 2. The molecule has 4 atom stereocenters. The van der Waals surface area contributed by atoms with Gasteiger partial charge in [-0.1, -0.05) is 51.1 Å². The van der Waals surface area contributed by atoms with Crippen molar-refractivity contribution in [2.24, 2.45) is 16.7 Å². The predicted octanol–water partition coefficient (Wildman–Crippen LogP) is 3.48. The molecular formula is C18H24O3. The van der Waals surface area contributed by atoms with Crippen LogP contribution in [0.3, 0.4) is 0 Å². The molecule has 0 spiro atoms. The van der Waals surface area contributed by atoms with Crippen LogP contribution in [0.1, 0.15) is 51.7 Å². The van der Waals surface area contributed by atoms with Crippen molar-refractivity contribution >= 4 is 5.97 Å². The minimum Gasteiger partial charge on any atom is -0.460 e. The lowest BCUT2D eigenvalue weighted by atomic mass is 9.70. The highest BCUT2D eigenvalue weighted by molar-refractivity contribution is 5.76. The summed E-state index contributed by atoms with van der Waals surface area (Å²) in [7, 11) is 0. The largest absolute Gasteiger partial charge is 0.460 e. The van der Waals surface area contributed by atoms with Crippen molar-refractivity contribution in [2.45, 2.75) is 52.2 Å². The molecule has 0 heterocycles. The Hall–Kier alpha value is -1.35. The molecule has 3 heteroatoms. The third-order valence-electron chi connectivity index (χ3n) is 6.31. The van der Waals surface area contributed by atoms with Crippen LogP contribution in [0.25, 0.3) is 0 Å². The van der Waals surface area contributed by atoms with Crippen molar-refractivity contribution in [1.29, 1.82) is 0 Å². The van der Waals surface area contributed by atoms with Crippen LogP contribution in [0.4, 0.5) is 0 Å². The molecule has 2 saturated carbocycles. The first kappa shape index (κ1) is 14.6. The average Bonchev–Trinajstić information content (AvgIpc) is 2.80. The molecule has 3 nitrogen and oxygen atoms in total. The van der Waals surface area contributed by atoms with E-state index in [0.29, 0.717) is 11.5 Å².